The number of thiophene rings is 1. The minimum Gasteiger partial charge on any atom is -0.481 e. The molecule has 7 heteroatoms. The maximum atomic E-state index is 11.6. The van der Waals surface area contributed by atoms with Crippen LogP contribution in [0.5, 0.6) is 0 Å². The highest BCUT2D eigenvalue weighted by Gasteiger charge is 2.19. The zero-order valence-electron chi connectivity index (χ0n) is 17.5. The summed E-state index contributed by atoms with van der Waals surface area (Å²) in [6.07, 6.45) is 3.62. The Morgan fingerprint density at radius 1 is 1.00 bits per heavy atom. The molecule has 30 heavy (non-hydrogen) atoms. The second-order valence-electron chi connectivity index (χ2n) is 8.08. The van der Waals surface area contributed by atoms with Gasteiger partial charge < -0.3 is 16.6 Å². The molecule has 2 amide bonds. The molecule has 0 spiro atoms. The predicted molar refractivity (Wildman–Crippen MR) is 118 cm³/mol. The molecule has 6 nitrogen and oxygen atoms in total. The van der Waals surface area contributed by atoms with Crippen molar-refractivity contribution in [3.63, 3.8) is 0 Å². The molecule has 0 aliphatic heterocycles. The Hall–Kier alpha value is -2.67. The van der Waals surface area contributed by atoms with Crippen LogP contribution in [0.25, 0.3) is 0 Å². The van der Waals surface area contributed by atoms with Gasteiger partial charge in [0, 0.05) is 9.75 Å². The van der Waals surface area contributed by atoms with Gasteiger partial charge in [-0.3, -0.25) is 14.4 Å². The molecule has 5 N–H and O–H groups in total. The van der Waals surface area contributed by atoms with Crippen LogP contribution in [-0.2, 0) is 35.3 Å². The molecule has 162 valence electrons. The number of carbonyl (C=O) groups excluding carboxylic acids is 2. The maximum absolute atomic E-state index is 11.6. The van der Waals surface area contributed by atoms with Crippen molar-refractivity contribution in [3.05, 3.63) is 56.8 Å². The lowest BCUT2D eigenvalue weighted by Crippen LogP contribution is -2.17. The fourth-order valence-electron chi connectivity index (χ4n) is 3.50. The van der Waals surface area contributed by atoms with E-state index in [1.54, 1.807) is 6.07 Å². The van der Waals surface area contributed by atoms with Crippen LogP contribution in [-0.4, -0.2) is 22.9 Å². The van der Waals surface area contributed by atoms with E-state index >= 15 is 0 Å². The fraction of sp³-hybridized carbons (Fsp3) is 0.435. The van der Waals surface area contributed by atoms with Crippen LogP contribution >= 0.6 is 11.3 Å². The molecule has 0 saturated carbocycles. The smallest absolute Gasteiger partial charge is 0.306 e. The number of nitrogens with two attached hydrogens (primary N) is 2. The number of carboxylic acids is 1. The number of carboxylic acid groups (broad SMARTS) is 1. The molecule has 0 fully saturated rings. The molecule has 1 heterocycles. The Bertz CT molecular complexity index is 887. The highest BCUT2D eigenvalue weighted by atomic mass is 32.1. The summed E-state index contributed by atoms with van der Waals surface area (Å²) in [7, 11) is 0. The van der Waals surface area contributed by atoms with E-state index in [4.69, 9.17) is 11.5 Å². The summed E-state index contributed by atoms with van der Waals surface area (Å²) in [5.41, 5.74) is 13.3. The third-order valence-electron chi connectivity index (χ3n) is 5.03. The first-order chi connectivity index (χ1) is 14.2. The van der Waals surface area contributed by atoms with Gasteiger partial charge in [0.15, 0.2) is 0 Å². The largest absolute Gasteiger partial charge is 0.481 e. The lowest BCUT2D eigenvalue weighted by atomic mass is 9.91. The van der Waals surface area contributed by atoms with Crippen molar-refractivity contribution < 1.29 is 19.5 Å². The number of hydrogen-bond acceptors (Lipinski definition) is 4. The Kier molecular flexibility index (Phi) is 8.59. The van der Waals surface area contributed by atoms with E-state index < -0.39 is 17.8 Å². The quantitative estimate of drug-likeness (QED) is 0.478. The molecule has 0 radical (unpaired) electrons. The van der Waals surface area contributed by atoms with E-state index in [9.17, 15) is 19.5 Å². The van der Waals surface area contributed by atoms with Gasteiger partial charge in [-0.15, -0.1) is 11.3 Å². The van der Waals surface area contributed by atoms with Crippen molar-refractivity contribution in [2.24, 2.45) is 23.3 Å². The number of rotatable bonds is 12. The van der Waals surface area contributed by atoms with Crippen molar-refractivity contribution in [1.82, 2.24) is 0 Å². The first-order valence-corrected chi connectivity index (χ1v) is 11.0. The molecule has 2 rings (SSSR count). The molecule has 0 aliphatic rings. The van der Waals surface area contributed by atoms with Gasteiger partial charge in [0.2, 0.25) is 11.8 Å². The summed E-state index contributed by atoms with van der Waals surface area (Å²) in [5, 5.41) is 9.37. The Balaban J connectivity index is 1.94. The van der Waals surface area contributed by atoms with Gasteiger partial charge in [0.25, 0.3) is 0 Å². The standard InChI is InChI=1S/C23H30N2O4S/c1-14(2)11-17(23(28)29)9-7-15-3-5-16(6-4-15)8-10-18-12-19(22(25)27)20(30-18)13-21(24)26/h3-6,12,14,17H,7-11,13H2,1-2H3,(H2,24,26)(H2,25,27)(H,28,29)/t17-/m0/s1. The van der Waals surface area contributed by atoms with Crippen molar-refractivity contribution in [3.8, 4) is 0 Å². The molecule has 0 saturated heterocycles. The van der Waals surface area contributed by atoms with Crippen LogP contribution in [0.15, 0.2) is 30.3 Å². The Morgan fingerprint density at radius 2 is 1.60 bits per heavy atom. The van der Waals surface area contributed by atoms with Crippen molar-refractivity contribution in [1.29, 1.82) is 0 Å². The van der Waals surface area contributed by atoms with Gasteiger partial charge in [-0.2, -0.15) is 0 Å². The van der Waals surface area contributed by atoms with Crippen LogP contribution in [0.4, 0.5) is 0 Å². The van der Waals surface area contributed by atoms with Gasteiger partial charge in [-0.1, -0.05) is 38.1 Å². The molecule has 1 atom stereocenters. The average Bonchev–Trinajstić information content (AvgIpc) is 3.06. The summed E-state index contributed by atoms with van der Waals surface area (Å²) in [6, 6.07) is 9.96. The van der Waals surface area contributed by atoms with Crippen molar-refractivity contribution in [2.75, 3.05) is 0 Å². The highest BCUT2D eigenvalue weighted by Crippen LogP contribution is 2.25. The molecule has 0 unspecified atom stereocenters. The molecular formula is C23H30N2O4S. The summed E-state index contributed by atoms with van der Waals surface area (Å²) < 4.78 is 0. The van der Waals surface area contributed by atoms with E-state index in [-0.39, 0.29) is 12.3 Å². The van der Waals surface area contributed by atoms with Crippen molar-refractivity contribution in [2.45, 2.75) is 52.4 Å². The minimum absolute atomic E-state index is 0.0196. The monoisotopic (exact) mass is 430 g/mol. The lowest BCUT2D eigenvalue weighted by Gasteiger charge is -2.14. The van der Waals surface area contributed by atoms with Gasteiger partial charge >= 0.3 is 5.97 Å². The van der Waals surface area contributed by atoms with E-state index in [1.165, 1.54) is 11.3 Å². The predicted octanol–water partition coefficient (Wildman–Crippen LogP) is 3.34. The number of aryl methyl sites for hydroxylation is 3. The number of amides is 2. The zero-order valence-corrected chi connectivity index (χ0v) is 18.3. The number of primary amides is 2. The molecule has 1 aromatic heterocycles. The number of carbonyl (C=O) groups is 3. The third kappa shape index (κ3) is 7.30. The van der Waals surface area contributed by atoms with Crippen LogP contribution in [0.2, 0.25) is 0 Å². The van der Waals surface area contributed by atoms with E-state index in [0.717, 1.165) is 35.3 Å². The molecular weight excluding hydrogens is 400 g/mol. The number of aliphatic carboxylic acids is 1. The van der Waals surface area contributed by atoms with Crippen LogP contribution < -0.4 is 11.5 Å². The summed E-state index contributed by atoms with van der Waals surface area (Å²) in [6.45, 7) is 4.09. The first-order valence-electron chi connectivity index (χ1n) is 10.2. The lowest BCUT2D eigenvalue weighted by molar-refractivity contribution is -0.142. The third-order valence-corrected chi connectivity index (χ3v) is 6.22. The van der Waals surface area contributed by atoms with Gasteiger partial charge in [-0.25, -0.2) is 0 Å². The van der Waals surface area contributed by atoms with Crippen LogP contribution in [0, 0.1) is 11.8 Å². The van der Waals surface area contributed by atoms with Gasteiger partial charge in [0.1, 0.15) is 0 Å². The van der Waals surface area contributed by atoms with Crippen LogP contribution in [0.1, 0.15) is 57.9 Å². The number of hydrogen-bond donors (Lipinski definition) is 3. The highest BCUT2D eigenvalue weighted by molar-refractivity contribution is 7.12. The average molecular weight is 431 g/mol. The van der Waals surface area contributed by atoms with Gasteiger partial charge in [0.05, 0.1) is 17.9 Å². The van der Waals surface area contributed by atoms with Crippen LogP contribution in [0.3, 0.4) is 0 Å². The van der Waals surface area contributed by atoms with E-state index in [0.29, 0.717) is 29.2 Å². The summed E-state index contributed by atoms with van der Waals surface area (Å²) in [4.78, 5) is 35.8. The van der Waals surface area contributed by atoms with E-state index in [1.807, 2.05) is 26.0 Å². The molecule has 0 bridgehead atoms. The van der Waals surface area contributed by atoms with Gasteiger partial charge in [-0.05, 0) is 55.2 Å². The topological polar surface area (TPSA) is 123 Å². The molecule has 2 aromatic rings. The first kappa shape index (κ1) is 23.6. The fourth-order valence-corrected chi connectivity index (χ4v) is 4.68. The van der Waals surface area contributed by atoms with Crippen molar-refractivity contribution >= 4 is 29.1 Å². The Labute approximate surface area is 181 Å². The SMILES string of the molecule is CC(C)C[C@H](CCc1ccc(CCc2cc(C(N)=O)c(CC(N)=O)s2)cc1)C(=O)O. The molecule has 0 aliphatic carbocycles. The normalized spacial score (nSPS) is 12.1. The second kappa shape index (κ2) is 10.9. The second-order valence-corrected chi connectivity index (χ2v) is 9.30. The zero-order chi connectivity index (χ0) is 22.3. The Morgan fingerprint density at radius 3 is 2.10 bits per heavy atom. The summed E-state index contributed by atoms with van der Waals surface area (Å²) in [5.74, 6) is -1.69. The molecule has 1 aromatic carbocycles. The maximum Gasteiger partial charge on any atom is 0.306 e. The van der Waals surface area contributed by atoms with E-state index in [2.05, 4.69) is 12.1 Å². The minimum atomic E-state index is -0.720. The number of benzene rings is 1. The summed E-state index contributed by atoms with van der Waals surface area (Å²) >= 11 is 1.40.